The highest BCUT2D eigenvalue weighted by molar-refractivity contribution is 6.04. The number of halogens is 1. The maximum Gasteiger partial charge on any atom is 0.263 e. The Morgan fingerprint density at radius 1 is 1.12 bits per heavy atom. The normalized spacial score (nSPS) is 12.5. The summed E-state index contributed by atoms with van der Waals surface area (Å²) in [5.74, 6) is -0.102. The third kappa shape index (κ3) is 3.92. The number of para-hydroxylation sites is 1. The van der Waals surface area contributed by atoms with Gasteiger partial charge < -0.3 is 5.32 Å². The summed E-state index contributed by atoms with van der Waals surface area (Å²) in [7, 11) is 1.79. The van der Waals surface area contributed by atoms with Gasteiger partial charge in [-0.2, -0.15) is 0 Å². The van der Waals surface area contributed by atoms with E-state index in [4.69, 9.17) is 4.99 Å². The standard InChI is InChI=1S/C25H22FN5O/c1-16(30-24(28-3)23-21(27-2)10-7-13-29-23)22-14-17-11-12-18(26)15-20(17)25(32)31(22)19-8-5-4-6-9-19/h4-16,27H,3H2,1-2H3/t16-/m0/s1. The minimum atomic E-state index is -0.468. The van der Waals surface area contributed by atoms with E-state index >= 15 is 0 Å². The fourth-order valence-electron chi connectivity index (χ4n) is 3.66. The summed E-state index contributed by atoms with van der Waals surface area (Å²) in [6.45, 7) is 5.53. The van der Waals surface area contributed by atoms with Crippen LogP contribution in [0.3, 0.4) is 0 Å². The van der Waals surface area contributed by atoms with Crippen LogP contribution in [-0.2, 0) is 0 Å². The number of anilines is 1. The molecule has 2 aromatic carbocycles. The third-order valence-electron chi connectivity index (χ3n) is 5.21. The largest absolute Gasteiger partial charge is 0.386 e. The van der Waals surface area contributed by atoms with E-state index in [1.54, 1.807) is 23.9 Å². The molecule has 2 heterocycles. The lowest BCUT2D eigenvalue weighted by Crippen LogP contribution is -2.23. The maximum atomic E-state index is 13.9. The summed E-state index contributed by atoms with van der Waals surface area (Å²) < 4.78 is 15.4. The molecule has 1 N–H and O–H groups in total. The number of hydrogen-bond acceptors (Lipinski definition) is 4. The second-order valence-corrected chi connectivity index (χ2v) is 7.21. The highest BCUT2D eigenvalue weighted by Crippen LogP contribution is 2.25. The van der Waals surface area contributed by atoms with E-state index in [1.165, 1.54) is 12.1 Å². The first kappa shape index (κ1) is 21.1. The van der Waals surface area contributed by atoms with Crippen LogP contribution in [0.4, 0.5) is 10.1 Å². The SMILES string of the molecule is C=NC(=N[C@@H](C)c1cc2ccc(F)cc2c(=O)n1-c1ccccc1)c1ncccc1NC. The molecule has 0 amide bonds. The minimum absolute atomic E-state index is 0.304. The van der Waals surface area contributed by atoms with Gasteiger partial charge in [0.05, 0.1) is 22.8 Å². The lowest BCUT2D eigenvalue weighted by molar-refractivity contribution is 0.629. The number of hydrogen-bond donors (Lipinski definition) is 1. The van der Waals surface area contributed by atoms with E-state index in [0.29, 0.717) is 33.7 Å². The molecule has 0 aliphatic carbocycles. The van der Waals surface area contributed by atoms with Crippen molar-refractivity contribution in [3.05, 3.63) is 100 Å². The quantitative estimate of drug-likeness (QED) is 0.368. The van der Waals surface area contributed by atoms with E-state index < -0.39 is 11.9 Å². The van der Waals surface area contributed by atoms with E-state index in [0.717, 1.165) is 5.69 Å². The van der Waals surface area contributed by atoms with E-state index in [1.807, 2.05) is 55.5 Å². The minimum Gasteiger partial charge on any atom is -0.386 e. The number of aromatic nitrogens is 2. The fourth-order valence-corrected chi connectivity index (χ4v) is 3.66. The van der Waals surface area contributed by atoms with Crippen LogP contribution in [-0.4, -0.2) is 29.2 Å². The Labute approximate surface area is 184 Å². The fraction of sp³-hybridized carbons (Fsp3) is 0.120. The molecule has 0 saturated heterocycles. The zero-order valence-electron chi connectivity index (χ0n) is 17.8. The highest BCUT2D eigenvalue weighted by Gasteiger charge is 2.18. The molecule has 32 heavy (non-hydrogen) atoms. The molecule has 0 fully saturated rings. The Hall–Kier alpha value is -4.13. The summed E-state index contributed by atoms with van der Waals surface area (Å²) in [6.07, 6.45) is 1.66. The monoisotopic (exact) mass is 427 g/mol. The average Bonchev–Trinajstić information content (AvgIpc) is 2.83. The van der Waals surface area contributed by atoms with Crippen molar-refractivity contribution < 1.29 is 4.39 Å². The lowest BCUT2D eigenvalue weighted by Gasteiger charge is -2.18. The van der Waals surface area contributed by atoms with E-state index in [-0.39, 0.29) is 5.56 Å². The Morgan fingerprint density at radius 2 is 1.91 bits per heavy atom. The van der Waals surface area contributed by atoms with Gasteiger partial charge in [-0.1, -0.05) is 24.3 Å². The highest BCUT2D eigenvalue weighted by atomic mass is 19.1. The van der Waals surface area contributed by atoms with Gasteiger partial charge in [-0.3, -0.25) is 19.3 Å². The molecular formula is C25H22FN5O. The van der Waals surface area contributed by atoms with Gasteiger partial charge in [-0.25, -0.2) is 9.38 Å². The van der Waals surface area contributed by atoms with Gasteiger partial charge in [-0.15, -0.1) is 0 Å². The predicted molar refractivity (Wildman–Crippen MR) is 128 cm³/mol. The zero-order chi connectivity index (χ0) is 22.7. The number of nitrogens with zero attached hydrogens (tertiary/aromatic N) is 4. The van der Waals surface area contributed by atoms with Crippen molar-refractivity contribution in [2.45, 2.75) is 13.0 Å². The molecule has 7 heteroatoms. The second-order valence-electron chi connectivity index (χ2n) is 7.21. The molecule has 1 atom stereocenters. The molecule has 0 aliphatic heterocycles. The number of aliphatic imine (C=N–C) groups is 2. The lowest BCUT2D eigenvalue weighted by atomic mass is 10.1. The van der Waals surface area contributed by atoms with Crippen molar-refractivity contribution in [3.8, 4) is 5.69 Å². The summed E-state index contributed by atoms with van der Waals surface area (Å²) in [5, 5.41) is 4.02. The molecule has 0 unspecified atom stereocenters. The van der Waals surface area contributed by atoms with Crippen LogP contribution in [0, 0.1) is 5.82 Å². The van der Waals surface area contributed by atoms with Crippen molar-refractivity contribution >= 4 is 29.0 Å². The molecule has 0 spiro atoms. The van der Waals surface area contributed by atoms with Gasteiger partial charge in [0.1, 0.15) is 11.5 Å². The second kappa shape index (κ2) is 8.93. The van der Waals surface area contributed by atoms with Crippen LogP contribution in [0.5, 0.6) is 0 Å². The smallest absolute Gasteiger partial charge is 0.263 e. The maximum absolute atomic E-state index is 13.9. The average molecular weight is 427 g/mol. The van der Waals surface area contributed by atoms with E-state index in [2.05, 4.69) is 22.0 Å². The van der Waals surface area contributed by atoms with E-state index in [9.17, 15) is 9.18 Å². The Bertz CT molecular complexity index is 1380. The van der Waals surface area contributed by atoms with Crippen molar-refractivity contribution in [1.29, 1.82) is 0 Å². The molecule has 160 valence electrons. The van der Waals surface area contributed by atoms with Crippen molar-refractivity contribution in [1.82, 2.24) is 9.55 Å². The van der Waals surface area contributed by atoms with Gasteiger partial charge >= 0.3 is 0 Å². The Morgan fingerprint density at radius 3 is 2.62 bits per heavy atom. The van der Waals surface area contributed by atoms with Gasteiger partial charge in [0, 0.05) is 18.9 Å². The zero-order valence-corrected chi connectivity index (χ0v) is 17.8. The molecule has 0 aliphatic rings. The molecule has 0 saturated carbocycles. The molecule has 0 bridgehead atoms. The number of rotatable bonds is 5. The molecular weight excluding hydrogens is 405 g/mol. The van der Waals surface area contributed by atoms with Gasteiger partial charge in [0.25, 0.3) is 5.56 Å². The molecule has 6 nitrogen and oxygen atoms in total. The van der Waals surface area contributed by atoms with Crippen molar-refractivity contribution in [2.24, 2.45) is 9.98 Å². The van der Waals surface area contributed by atoms with Crippen LogP contribution < -0.4 is 10.9 Å². The van der Waals surface area contributed by atoms with Crippen LogP contribution in [0.25, 0.3) is 16.5 Å². The first-order valence-electron chi connectivity index (χ1n) is 10.1. The van der Waals surface area contributed by atoms with Crippen molar-refractivity contribution in [2.75, 3.05) is 12.4 Å². The van der Waals surface area contributed by atoms with Crippen LogP contribution >= 0.6 is 0 Å². The van der Waals surface area contributed by atoms with Crippen LogP contribution in [0.2, 0.25) is 0 Å². The number of pyridine rings is 2. The summed E-state index contributed by atoms with van der Waals surface area (Å²) in [5.41, 5.74) is 2.33. The molecule has 4 rings (SSSR count). The van der Waals surface area contributed by atoms with Gasteiger partial charge in [-0.05, 0) is 61.5 Å². The predicted octanol–water partition coefficient (Wildman–Crippen LogP) is 4.77. The Balaban J connectivity index is 1.95. The summed E-state index contributed by atoms with van der Waals surface area (Å²) in [4.78, 5) is 26.6. The number of nitrogens with one attached hydrogen (secondary N) is 1. The topological polar surface area (TPSA) is 71.6 Å². The molecule has 0 radical (unpaired) electrons. The molecule has 2 aromatic heterocycles. The molecule has 4 aromatic rings. The number of amidine groups is 1. The summed E-state index contributed by atoms with van der Waals surface area (Å²) >= 11 is 0. The van der Waals surface area contributed by atoms with Crippen molar-refractivity contribution in [3.63, 3.8) is 0 Å². The number of fused-ring (bicyclic) bond motifs is 1. The van der Waals surface area contributed by atoms with Gasteiger partial charge in [0.15, 0.2) is 5.84 Å². The van der Waals surface area contributed by atoms with Crippen LogP contribution in [0.1, 0.15) is 24.4 Å². The van der Waals surface area contributed by atoms with Crippen LogP contribution in [0.15, 0.2) is 87.7 Å². The summed E-state index contributed by atoms with van der Waals surface area (Å²) in [6, 6.07) is 18.5. The third-order valence-corrected chi connectivity index (χ3v) is 5.21. The Kier molecular flexibility index (Phi) is 5.89. The number of benzene rings is 2. The first-order chi connectivity index (χ1) is 15.5. The van der Waals surface area contributed by atoms with Gasteiger partial charge in [0.2, 0.25) is 0 Å². The first-order valence-corrected chi connectivity index (χ1v) is 10.1.